The summed E-state index contributed by atoms with van der Waals surface area (Å²) >= 11 is 0. The lowest BCUT2D eigenvalue weighted by atomic mass is 10.0. The monoisotopic (exact) mass is 257 g/mol. The average molecular weight is 257 g/mol. The molecule has 1 unspecified atom stereocenters. The van der Waals surface area contributed by atoms with E-state index in [4.69, 9.17) is 4.74 Å². The molecule has 2 aromatic rings. The van der Waals surface area contributed by atoms with E-state index in [0.717, 1.165) is 17.5 Å². The van der Waals surface area contributed by atoms with Gasteiger partial charge in [0.1, 0.15) is 0 Å². The van der Waals surface area contributed by atoms with Crippen LogP contribution >= 0.6 is 0 Å². The van der Waals surface area contributed by atoms with E-state index >= 15 is 0 Å². The first-order valence-corrected chi connectivity index (χ1v) is 6.48. The minimum atomic E-state index is -0.536. The standard InChI is InChI=1S/C16H19NO2/c1-3-12-4-6-13(7-5-12)10-15(18)14-8-9-16(19-2)17-11-14/h4-9,11,15,18H,3,10H2,1-2H3. The lowest BCUT2D eigenvalue weighted by molar-refractivity contribution is 0.178. The molecule has 1 heterocycles. The number of methoxy groups -OCH3 is 1. The van der Waals surface area contributed by atoms with Gasteiger partial charge >= 0.3 is 0 Å². The third kappa shape index (κ3) is 3.55. The molecule has 0 amide bonds. The zero-order chi connectivity index (χ0) is 13.7. The van der Waals surface area contributed by atoms with Crippen LogP contribution in [-0.2, 0) is 12.8 Å². The molecule has 3 nitrogen and oxygen atoms in total. The predicted molar refractivity (Wildman–Crippen MR) is 75.3 cm³/mol. The fraction of sp³-hybridized carbons (Fsp3) is 0.312. The van der Waals surface area contributed by atoms with E-state index < -0.39 is 6.10 Å². The van der Waals surface area contributed by atoms with Crippen LogP contribution < -0.4 is 4.74 Å². The number of ether oxygens (including phenoxy) is 1. The van der Waals surface area contributed by atoms with Crippen LogP contribution in [0.2, 0.25) is 0 Å². The van der Waals surface area contributed by atoms with Crippen molar-refractivity contribution in [3.8, 4) is 5.88 Å². The average Bonchev–Trinajstić information content (AvgIpc) is 2.48. The molecule has 1 aromatic heterocycles. The quantitative estimate of drug-likeness (QED) is 0.895. The van der Waals surface area contributed by atoms with Gasteiger partial charge in [0.15, 0.2) is 0 Å². The highest BCUT2D eigenvalue weighted by Crippen LogP contribution is 2.19. The van der Waals surface area contributed by atoms with Crippen molar-refractivity contribution in [1.82, 2.24) is 4.98 Å². The molecule has 1 atom stereocenters. The normalized spacial score (nSPS) is 12.2. The van der Waals surface area contributed by atoms with E-state index in [1.807, 2.05) is 6.07 Å². The van der Waals surface area contributed by atoms with Crippen molar-refractivity contribution in [2.45, 2.75) is 25.9 Å². The number of pyridine rings is 1. The van der Waals surface area contributed by atoms with Gasteiger partial charge in [-0.25, -0.2) is 4.98 Å². The van der Waals surface area contributed by atoms with Gasteiger partial charge in [-0.05, 0) is 29.2 Å². The molecule has 0 radical (unpaired) electrons. The maximum absolute atomic E-state index is 10.2. The summed E-state index contributed by atoms with van der Waals surface area (Å²) in [7, 11) is 1.58. The zero-order valence-electron chi connectivity index (χ0n) is 11.3. The van der Waals surface area contributed by atoms with Gasteiger partial charge in [-0.3, -0.25) is 0 Å². The van der Waals surface area contributed by atoms with Gasteiger partial charge in [0.25, 0.3) is 0 Å². The van der Waals surface area contributed by atoms with Crippen molar-refractivity contribution in [3.05, 3.63) is 59.3 Å². The van der Waals surface area contributed by atoms with Gasteiger partial charge in [0, 0.05) is 18.7 Å². The van der Waals surface area contributed by atoms with Crippen LogP contribution in [-0.4, -0.2) is 17.2 Å². The predicted octanol–water partition coefficient (Wildman–Crippen LogP) is 2.93. The smallest absolute Gasteiger partial charge is 0.212 e. The van der Waals surface area contributed by atoms with Crippen molar-refractivity contribution in [3.63, 3.8) is 0 Å². The second-order valence-electron chi connectivity index (χ2n) is 4.52. The maximum atomic E-state index is 10.2. The Balaban J connectivity index is 2.04. The number of aliphatic hydroxyl groups excluding tert-OH is 1. The number of aromatic nitrogens is 1. The number of nitrogens with zero attached hydrogens (tertiary/aromatic N) is 1. The minimum Gasteiger partial charge on any atom is -0.481 e. The van der Waals surface area contributed by atoms with Crippen molar-refractivity contribution >= 4 is 0 Å². The van der Waals surface area contributed by atoms with Gasteiger partial charge in [-0.15, -0.1) is 0 Å². The Morgan fingerprint density at radius 3 is 2.32 bits per heavy atom. The van der Waals surface area contributed by atoms with Gasteiger partial charge in [-0.2, -0.15) is 0 Å². The van der Waals surface area contributed by atoms with Crippen molar-refractivity contribution in [1.29, 1.82) is 0 Å². The molecule has 19 heavy (non-hydrogen) atoms. The second kappa shape index (κ2) is 6.34. The molecule has 0 saturated carbocycles. The van der Waals surface area contributed by atoms with E-state index in [1.54, 1.807) is 19.4 Å². The van der Waals surface area contributed by atoms with E-state index in [0.29, 0.717) is 12.3 Å². The largest absolute Gasteiger partial charge is 0.481 e. The third-order valence-electron chi connectivity index (χ3n) is 3.21. The molecule has 0 saturated heterocycles. The highest BCUT2D eigenvalue weighted by Gasteiger charge is 2.09. The highest BCUT2D eigenvalue weighted by molar-refractivity contribution is 5.26. The van der Waals surface area contributed by atoms with Crippen LogP contribution in [0.4, 0.5) is 0 Å². The molecule has 1 aromatic carbocycles. The first-order chi connectivity index (χ1) is 9.22. The summed E-state index contributed by atoms with van der Waals surface area (Å²) in [5, 5.41) is 10.2. The summed E-state index contributed by atoms with van der Waals surface area (Å²) in [6, 6.07) is 12.0. The van der Waals surface area contributed by atoms with E-state index in [2.05, 4.69) is 36.2 Å². The molecule has 0 fully saturated rings. The first kappa shape index (κ1) is 13.6. The van der Waals surface area contributed by atoms with Crippen LogP contribution in [0.3, 0.4) is 0 Å². The summed E-state index contributed by atoms with van der Waals surface area (Å²) in [6.07, 6.45) is 2.75. The Labute approximate surface area is 113 Å². The van der Waals surface area contributed by atoms with Crippen molar-refractivity contribution in [2.24, 2.45) is 0 Å². The molecule has 0 aliphatic heterocycles. The summed E-state index contributed by atoms with van der Waals surface area (Å²) in [4.78, 5) is 4.11. The van der Waals surface area contributed by atoms with E-state index in [9.17, 15) is 5.11 Å². The maximum Gasteiger partial charge on any atom is 0.212 e. The summed E-state index contributed by atoms with van der Waals surface area (Å²) in [5.74, 6) is 0.559. The lowest BCUT2D eigenvalue weighted by Crippen LogP contribution is -2.02. The molecule has 0 aliphatic rings. The summed E-state index contributed by atoms with van der Waals surface area (Å²) in [5.41, 5.74) is 3.24. The van der Waals surface area contributed by atoms with Crippen LogP contribution in [0.5, 0.6) is 5.88 Å². The topological polar surface area (TPSA) is 42.4 Å². The number of hydrogen-bond acceptors (Lipinski definition) is 3. The van der Waals surface area contributed by atoms with Gasteiger partial charge < -0.3 is 9.84 Å². The molecule has 1 N–H and O–H groups in total. The van der Waals surface area contributed by atoms with Crippen LogP contribution in [0.25, 0.3) is 0 Å². The minimum absolute atomic E-state index is 0.536. The lowest BCUT2D eigenvalue weighted by Gasteiger charge is -2.11. The SMILES string of the molecule is CCc1ccc(CC(O)c2ccc(OC)nc2)cc1. The molecule has 0 spiro atoms. The molecular weight excluding hydrogens is 238 g/mol. The zero-order valence-corrected chi connectivity index (χ0v) is 11.3. The van der Waals surface area contributed by atoms with E-state index in [-0.39, 0.29) is 0 Å². The third-order valence-corrected chi connectivity index (χ3v) is 3.21. The molecule has 100 valence electrons. The van der Waals surface area contributed by atoms with Crippen LogP contribution in [0.1, 0.15) is 29.7 Å². The van der Waals surface area contributed by atoms with Crippen LogP contribution in [0, 0.1) is 0 Å². The fourth-order valence-electron chi connectivity index (χ4n) is 1.96. The molecule has 3 heteroatoms. The number of aliphatic hydroxyl groups is 1. The molecule has 2 rings (SSSR count). The summed E-state index contributed by atoms with van der Waals surface area (Å²) in [6.45, 7) is 2.13. The first-order valence-electron chi connectivity index (χ1n) is 6.48. The Morgan fingerprint density at radius 2 is 1.79 bits per heavy atom. The number of hydrogen-bond donors (Lipinski definition) is 1. The molecule has 0 bridgehead atoms. The number of rotatable bonds is 5. The number of benzene rings is 1. The van der Waals surface area contributed by atoms with Gasteiger partial charge in [0.2, 0.25) is 5.88 Å². The Morgan fingerprint density at radius 1 is 1.11 bits per heavy atom. The van der Waals surface area contributed by atoms with Crippen molar-refractivity contribution in [2.75, 3.05) is 7.11 Å². The molecule has 0 aliphatic carbocycles. The fourth-order valence-corrected chi connectivity index (χ4v) is 1.96. The Bertz CT molecular complexity index is 505. The number of aryl methyl sites for hydroxylation is 1. The van der Waals surface area contributed by atoms with Crippen LogP contribution in [0.15, 0.2) is 42.6 Å². The highest BCUT2D eigenvalue weighted by atomic mass is 16.5. The summed E-state index contributed by atoms with van der Waals surface area (Å²) < 4.78 is 5.00. The Hall–Kier alpha value is -1.87. The second-order valence-corrected chi connectivity index (χ2v) is 4.52. The van der Waals surface area contributed by atoms with Gasteiger partial charge in [-0.1, -0.05) is 31.2 Å². The van der Waals surface area contributed by atoms with E-state index in [1.165, 1.54) is 5.56 Å². The molecular formula is C16H19NO2. The van der Waals surface area contributed by atoms with Crippen molar-refractivity contribution < 1.29 is 9.84 Å². The Kier molecular flexibility index (Phi) is 4.53. The van der Waals surface area contributed by atoms with Gasteiger partial charge in [0.05, 0.1) is 13.2 Å².